The Bertz CT molecular complexity index is 859. The standard InChI is InChI=1S/C22H27N3O4S/c1-15(26)23-20(16-3-5-19(29-2)6-4-16)13-21(27)25-10-7-18(8-11-25)24-22(28)17-9-12-30-14-17/h3-6,9,12,14,18,20H,7-8,10-11,13H2,1-2H3,(H,23,26)(H,24,28). The van der Waals surface area contributed by atoms with Crippen LogP contribution >= 0.6 is 11.3 Å². The monoisotopic (exact) mass is 429 g/mol. The molecule has 1 atom stereocenters. The highest BCUT2D eigenvalue weighted by Gasteiger charge is 2.26. The molecule has 1 fully saturated rings. The van der Waals surface area contributed by atoms with E-state index < -0.39 is 6.04 Å². The molecule has 3 rings (SSSR count). The van der Waals surface area contributed by atoms with Crippen LogP contribution in [0.4, 0.5) is 0 Å². The predicted molar refractivity (Wildman–Crippen MR) is 116 cm³/mol. The summed E-state index contributed by atoms with van der Waals surface area (Å²) in [5.41, 5.74) is 1.54. The number of carbonyl (C=O) groups is 3. The van der Waals surface area contributed by atoms with Gasteiger partial charge in [0, 0.05) is 37.0 Å². The lowest BCUT2D eigenvalue weighted by atomic mass is 10.0. The van der Waals surface area contributed by atoms with Gasteiger partial charge in [-0.1, -0.05) is 12.1 Å². The topological polar surface area (TPSA) is 87.7 Å². The van der Waals surface area contributed by atoms with E-state index >= 15 is 0 Å². The van der Waals surface area contributed by atoms with Crippen molar-refractivity contribution in [3.63, 3.8) is 0 Å². The molecule has 1 unspecified atom stereocenters. The van der Waals surface area contributed by atoms with Gasteiger partial charge in [0.1, 0.15) is 5.75 Å². The number of amides is 3. The number of nitrogens with zero attached hydrogens (tertiary/aromatic N) is 1. The van der Waals surface area contributed by atoms with E-state index in [0.29, 0.717) is 18.7 Å². The van der Waals surface area contributed by atoms with Crippen molar-refractivity contribution in [3.8, 4) is 5.75 Å². The molecule has 0 radical (unpaired) electrons. The van der Waals surface area contributed by atoms with Crippen LogP contribution in [0.3, 0.4) is 0 Å². The second-order valence-electron chi connectivity index (χ2n) is 7.37. The first-order valence-corrected chi connectivity index (χ1v) is 10.9. The van der Waals surface area contributed by atoms with Gasteiger partial charge in [-0.3, -0.25) is 14.4 Å². The van der Waals surface area contributed by atoms with Gasteiger partial charge in [-0.25, -0.2) is 0 Å². The van der Waals surface area contributed by atoms with Crippen LogP contribution in [0, 0.1) is 0 Å². The Morgan fingerprint density at radius 1 is 1.17 bits per heavy atom. The van der Waals surface area contributed by atoms with E-state index in [1.54, 1.807) is 13.2 Å². The molecule has 30 heavy (non-hydrogen) atoms. The first kappa shape index (κ1) is 21.8. The Balaban J connectivity index is 1.54. The fourth-order valence-electron chi connectivity index (χ4n) is 3.57. The number of ether oxygens (including phenoxy) is 1. The molecule has 2 N–H and O–H groups in total. The van der Waals surface area contributed by atoms with Gasteiger partial charge in [-0.2, -0.15) is 11.3 Å². The van der Waals surface area contributed by atoms with E-state index in [1.807, 2.05) is 39.9 Å². The largest absolute Gasteiger partial charge is 0.497 e. The Morgan fingerprint density at radius 2 is 1.87 bits per heavy atom. The van der Waals surface area contributed by atoms with E-state index in [0.717, 1.165) is 24.2 Å². The summed E-state index contributed by atoms with van der Waals surface area (Å²) in [4.78, 5) is 38.5. The lowest BCUT2D eigenvalue weighted by Crippen LogP contribution is -2.47. The highest BCUT2D eigenvalue weighted by molar-refractivity contribution is 7.08. The van der Waals surface area contributed by atoms with Crippen LogP contribution in [-0.2, 0) is 9.59 Å². The number of hydrogen-bond acceptors (Lipinski definition) is 5. The normalized spacial score (nSPS) is 15.3. The van der Waals surface area contributed by atoms with Crippen LogP contribution in [0.25, 0.3) is 0 Å². The third-order valence-electron chi connectivity index (χ3n) is 5.24. The lowest BCUT2D eigenvalue weighted by Gasteiger charge is -2.33. The number of benzene rings is 1. The molecular weight excluding hydrogens is 402 g/mol. The van der Waals surface area contributed by atoms with Gasteiger partial charge in [-0.15, -0.1) is 0 Å². The second kappa shape index (κ2) is 10.2. The number of rotatable bonds is 7. The minimum absolute atomic E-state index is 0.00724. The van der Waals surface area contributed by atoms with Crippen molar-refractivity contribution >= 4 is 29.1 Å². The van der Waals surface area contributed by atoms with E-state index in [-0.39, 0.29) is 30.2 Å². The maximum absolute atomic E-state index is 12.9. The Kier molecular flexibility index (Phi) is 7.46. The summed E-state index contributed by atoms with van der Waals surface area (Å²) >= 11 is 1.49. The van der Waals surface area contributed by atoms with Crippen LogP contribution < -0.4 is 15.4 Å². The summed E-state index contributed by atoms with van der Waals surface area (Å²) in [6, 6.07) is 8.83. The maximum Gasteiger partial charge on any atom is 0.252 e. The predicted octanol–water partition coefficient (Wildman–Crippen LogP) is 2.75. The van der Waals surface area contributed by atoms with Gasteiger partial charge >= 0.3 is 0 Å². The summed E-state index contributed by atoms with van der Waals surface area (Å²) < 4.78 is 5.18. The van der Waals surface area contributed by atoms with Crippen molar-refractivity contribution in [2.24, 2.45) is 0 Å². The average Bonchev–Trinajstić information content (AvgIpc) is 3.28. The zero-order chi connectivity index (χ0) is 21.5. The number of nitrogens with one attached hydrogen (secondary N) is 2. The average molecular weight is 430 g/mol. The van der Waals surface area contributed by atoms with Crippen LogP contribution in [0.15, 0.2) is 41.1 Å². The van der Waals surface area contributed by atoms with Crippen LogP contribution in [0.1, 0.15) is 48.1 Å². The minimum Gasteiger partial charge on any atom is -0.497 e. The third kappa shape index (κ3) is 5.82. The highest BCUT2D eigenvalue weighted by Crippen LogP contribution is 2.22. The molecule has 1 aliphatic heterocycles. The van der Waals surface area contributed by atoms with E-state index in [2.05, 4.69) is 10.6 Å². The Labute approximate surface area is 180 Å². The summed E-state index contributed by atoms with van der Waals surface area (Å²) in [6.07, 6.45) is 1.63. The summed E-state index contributed by atoms with van der Waals surface area (Å²) in [7, 11) is 1.59. The molecule has 0 bridgehead atoms. The van der Waals surface area contributed by atoms with Crippen molar-refractivity contribution < 1.29 is 19.1 Å². The molecule has 8 heteroatoms. The van der Waals surface area contributed by atoms with Crippen molar-refractivity contribution in [2.75, 3.05) is 20.2 Å². The van der Waals surface area contributed by atoms with Gasteiger partial charge in [0.25, 0.3) is 5.91 Å². The molecule has 1 saturated heterocycles. The van der Waals surface area contributed by atoms with Crippen LogP contribution in [0.2, 0.25) is 0 Å². The van der Waals surface area contributed by atoms with Crippen molar-refractivity contribution in [2.45, 2.75) is 38.3 Å². The Hall–Kier alpha value is -2.87. The molecule has 0 saturated carbocycles. The first-order chi connectivity index (χ1) is 14.5. The SMILES string of the molecule is COc1ccc(C(CC(=O)N2CCC(NC(=O)c3ccsc3)CC2)NC(C)=O)cc1. The number of methoxy groups -OCH3 is 1. The number of likely N-dealkylation sites (tertiary alicyclic amines) is 1. The third-order valence-corrected chi connectivity index (χ3v) is 5.92. The van der Waals surface area contributed by atoms with Crippen molar-refractivity contribution in [1.29, 1.82) is 0 Å². The molecule has 0 aliphatic carbocycles. The second-order valence-corrected chi connectivity index (χ2v) is 8.15. The lowest BCUT2D eigenvalue weighted by molar-refractivity contribution is -0.133. The van der Waals surface area contributed by atoms with Gasteiger partial charge in [-0.05, 0) is 42.0 Å². The zero-order valence-corrected chi connectivity index (χ0v) is 18.0. The molecule has 2 heterocycles. The fraction of sp³-hybridized carbons (Fsp3) is 0.409. The van der Waals surface area contributed by atoms with Gasteiger partial charge in [0.15, 0.2) is 0 Å². The molecule has 2 aromatic rings. The molecule has 1 aromatic heterocycles. The van der Waals surface area contributed by atoms with Crippen LogP contribution in [0.5, 0.6) is 5.75 Å². The molecule has 3 amide bonds. The number of carbonyl (C=O) groups excluding carboxylic acids is 3. The van der Waals surface area contributed by atoms with Gasteiger partial charge in [0.05, 0.1) is 19.6 Å². The van der Waals surface area contributed by atoms with Gasteiger partial charge < -0.3 is 20.3 Å². The summed E-state index contributed by atoms with van der Waals surface area (Å²) in [5.74, 6) is 0.468. The maximum atomic E-state index is 12.9. The number of piperidine rings is 1. The molecular formula is C22H27N3O4S. The summed E-state index contributed by atoms with van der Waals surface area (Å²) in [5, 5.41) is 9.62. The summed E-state index contributed by atoms with van der Waals surface area (Å²) in [6.45, 7) is 2.62. The number of hydrogen-bond donors (Lipinski definition) is 2. The quantitative estimate of drug-likeness (QED) is 0.709. The van der Waals surface area contributed by atoms with Gasteiger partial charge in [0.2, 0.25) is 11.8 Å². The van der Waals surface area contributed by atoms with Crippen molar-refractivity contribution in [3.05, 3.63) is 52.2 Å². The molecule has 160 valence electrons. The molecule has 7 nitrogen and oxygen atoms in total. The van der Waals surface area contributed by atoms with Crippen LogP contribution in [-0.4, -0.2) is 48.9 Å². The smallest absolute Gasteiger partial charge is 0.252 e. The highest BCUT2D eigenvalue weighted by atomic mass is 32.1. The number of thiophene rings is 1. The Morgan fingerprint density at radius 3 is 2.43 bits per heavy atom. The van der Waals surface area contributed by atoms with Crippen molar-refractivity contribution in [1.82, 2.24) is 15.5 Å². The van der Waals surface area contributed by atoms with E-state index in [1.165, 1.54) is 18.3 Å². The molecule has 0 spiro atoms. The molecule has 1 aromatic carbocycles. The van der Waals surface area contributed by atoms with E-state index in [9.17, 15) is 14.4 Å². The van der Waals surface area contributed by atoms with E-state index in [4.69, 9.17) is 4.74 Å². The molecule has 1 aliphatic rings. The zero-order valence-electron chi connectivity index (χ0n) is 17.2. The fourth-order valence-corrected chi connectivity index (χ4v) is 4.21. The first-order valence-electron chi connectivity index (χ1n) is 9.98. The minimum atomic E-state index is -0.392.